The topological polar surface area (TPSA) is 38.3 Å². The molecule has 0 radical (unpaired) electrons. The van der Waals surface area contributed by atoms with Gasteiger partial charge in [-0.2, -0.15) is 0 Å². The Morgan fingerprint density at radius 3 is 2.00 bits per heavy atom. The minimum absolute atomic E-state index is 0.114. The molecule has 15 heavy (non-hydrogen) atoms. The highest BCUT2D eigenvalue weighted by atomic mass is 16.6. The summed E-state index contributed by atoms with van der Waals surface area (Å²) < 4.78 is 5.37. The van der Waals surface area contributed by atoms with Crippen molar-refractivity contribution in [2.45, 2.75) is 66.5 Å². The second-order valence-corrected chi connectivity index (χ2v) is 6.19. The van der Waals surface area contributed by atoms with Gasteiger partial charge in [-0.25, -0.2) is 4.79 Å². The molecule has 0 heterocycles. The lowest BCUT2D eigenvalue weighted by atomic mass is 9.84. The number of hydrogen-bond acceptors (Lipinski definition) is 2. The second-order valence-electron chi connectivity index (χ2n) is 6.19. The third kappa shape index (κ3) is 8.28. The number of ether oxygens (including phenoxy) is 1. The number of carbonyl (C=O) groups is 1. The van der Waals surface area contributed by atoms with Crippen LogP contribution in [0.2, 0.25) is 0 Å². The van der Waals surface area contributed by atoms with E-state index in [1.54, 1.807) is 0 Å². The first-order valence-corrected chi connectivity index (χ1v) is 5.51. The molecule has 0 bridgehead atoms. The van der Waals surface area contributed by atoms with Gasteiger partial charge in [-0.3, -0.25) is 0 Å². The SMILES string of the molecule is CC(C)NC(=O)OC(C)(C)CC(C)(C)C. The van der Waals surface area contributed by atoms with E-state index in [1.165, 1.54) is 0 Å². The van der Waals surface area contributed by atoms with E-state index in [9.17, 15) is 4.79 Å². The van der Waals surface area contributed by atoms with Crippen LogP contribution in [0, 0.1) is 5.41 Å². The van der Waals surface area contributed by atoms with E-state index in [2.05, 4.69) is 26.1 Å². The minimum atomic E-state index is -0.419. The third-order valence-corrected chi connectivity index (χ3v) is 1.73. The fraction of sp³-hybridized carbons (Fsp3) is 0.917. The molecule has 0 aromatic rings. The summed E-state index contributed by atoms with van der Waals surface area (Å²) in [5.74, 6) is 0. The lowest BCUT2D eigenvalue weighted by molar-refractivity contribution is 0.00918. The average Bonchev–Trinajstić information content (AvgIpc) is 1.73. The zero-order valence-corrected chi connectivity index (χ0v) is 11.1. The van der Waals surface area contributed by atoms with Gasteiger partial charge in [0.1, 0.15) is 5.60 Å². The van der Waals surface area contributed by atoms with Crippen LogP contribution in [0.1, 0.15) is 54.9 Å². The molecule has 0 atom stereocenters. The van der Waals surface area contributed by atoms with Crippen molar-refractivity contribution in [3.05, 3.63) is 0 Å². The lowest BCUT2D eigenvalue weighted by Gasteiger charge is -2.32. The standard InChI is InChI=1S/C12H25NO2/c1-9(2)13-10(14)15-12(6,7)8-11(3,4)5/h9H,8H2,1-7H3,(H,13,14). The maximum atomic E-state index is 11.4. The lowest BCUT2D eigenvalue weighted by Crippen LogP contribution is -2.39. The van der Waals surface area contributed by atoms with Gasteiger partial charge in [-0.15, -0.1) is 0 Å². The monoisotopic (exact) mass is 215 g/mol. The summed E-state index contributed by atoms with van der Waals surface area (Å²) in [6.07, 6.45) is 0.505. The second kappa shape index (κ2) is 4.86. The quantitative estimate of drug-likeness (QED) is 0.784. The minimum Gasteiger partial charge on any atom is -0.444 e. The Labute approximate surface area is 93.6 Å². The van der Waals surface area contributed by atoms with Crippen molar-refractivity contribution in [1.29, 1.82) is 0 Å². The number of rotatable bonds is 3. The Morgan fingerprint density at radius 2 is 1.67 bits per heavy atom. The number of alkyl carbamates (subject to hydrolysis) is 1. The summed E-state index contributed by atoms with van der Waals surface area (Å²) in [6.45, 7) is 14.1. The van der Waals surface area contributed by atoms with Crippen molar-refractivity contribution < 1.29 is 9.53 Å². The first-order chi connectivity index (χ1) is 6.52. The summed E-state index contributed by atoms with van der Waals surface area (Å²) in [4.78, 5) is 11.4. The average molecular weight is 215 g/mol. The van der Waals surface area contributed by atoms with Gasteiger partial charge >= 0.3 is 6.09 Å². The summed E-state index contributed by atoms with van der Waals surface area (Å²) in [7, 11) is 0. The molecule has 1 amide bonds. The van der Waals surface area contributed by atoms with Crippen LogP contribution in [0.3, 0.4) is 0 Å². The van der Waals surface area contributed by atoms with Gasteiger partial charge in [0.25, 0.3) is 0 Å². The van der Waals surface area contributed by atoms with E-state index in [4.69, 9.17) is 4.74 Å². The predicted octanol–water partition coefficient (Wildman–Crippen LogP) is 3.34. The van der Waals surface area contributed by atoms with E-state index in [0.717, 1.165) is 6.42 Å². The zero-order valence-electron chi connectivity index (χ0n) is 11.1. The smallest absolute Gasteiger partial charge is 0.407 e. The van der Waals surface area contributed by atoms with Crippen LogP contribution in [-0.2, 0) is 4.74 Å². The molecule has 1 N–H and O–H groups in total. The third-order valence-electron chi connectivity index (χ3n) is 1.73. The molecule has 3 heteroatoms. The zero-order chi connectivity index (χ0) is 12.3. The maximum absolute atomic E-state index is 11.4. The fourth-order valence-electron chi connectivity index (χ4n) is 1.83. The van der Waals surface area contributed by atoms with Crippen LogP contribution in [0.25, 0.3) is 0 Å². The van der Waals surface area contributed by atoms with Crippen LogP contribution >= 0.6 is 0 Å². The predicted molar refractivity (Wildman–Crippen MR) is 62.9 cm³/mol. The Bertz CT molecular complexity index is 214. The van der Waals surface area contributed by atoms with Crippen LogP contribution in [0.5, 0.6) is 0 Å². The molecule has 90 valence electrons. The molecule has 0 rings (SSSR count). The summed E-state index contributed by atoms with van der Waals surface area (Å²) in [6, 6.07) is 0.114. The van der Waals surface area contributed by atoms with Crippen LogP contribution in [-0.4, -0.2) is 17.7 Å². The van der Waals surface area contributed by atoms with Crippen LogP contribution in [0.4, 0.5) is 4.79 Å². The number of hydrogen-bond donors (Lipinski definition) is 1. The summed E-state index contributed by atoms with van der Waals surface area (Å²) in [5, 5.41) is 2.72. The molecule has 3 nitrogen and oxygen atoms in total. The molecule has 0 aliphatic heterocycles. The van der Waals surface area contributed by atoms with Crippen LogP contribution in [0.15, 0.2) is 0 Å². The first kappa shape index (κ1) is 14.3. The summed E-state index contributed by atoms with van der Waals surface area (Å²) >= 11 is 0. The largest absolute Gasteiger partial charge is 0.444 e. The van der Waals surface area contributed by atoms with Gasteiger partial charge in [0.05, 0.1) is 0 Å². The van der Waals surface area contributed by atoms with Crippen molar-refractivity contribution in [1.82, 2.24) is 5.32 Å². The van der Waals surface area contributed by atoms with Crippen LogP contribution < -0.4 is 5.32 Å². The van der Waals surface area contributed by atoms with Gasteiger partial charge in [-0.1, -0.05) is 20.8 Å². The van der Waals surface area contributed by atoms with E-state index in [-0.39, 0.29) is 17.6 Å². The highest BCUT2D eigenvalue weighted by molar-refractivity contribution is 5.67. The van der Waals surface area contributed by atoms with Gasteiger partial charge in [0.15, 0.2) is 0 Å². The molecular formula is C12H25NO2. The number of nitrogens with one attached hydrogen (secondary N) is 1. The van der Waals surface area contributed by atoms with E-state index < -0.39 is 5.60 Å². The molecule has 0 unspecified atom stereocenters. The van der Waals surface area contributed by atoms with Crippen molar-refractivity contribution >= 4 is 6.09 Å². The van der Waals surface area contributed by atoms with E-state index in [1.807, 2.05) is 27.7 Å². The van der Waals surface area contributed by atoms with Gasteiger partial charge in [0, 0.05) is 6.04 Å². The van der Waals surface area contributed by atoms with Crippen molar-refractivity contribution in [3.8, 4) is 0 Å². The van der Waals surface area contributed by atoms with E-state index >= 15 is 0 Å². The molecule has 0 aromatic carbocycles. The highest BCUT2D eigenvalue weighted by Crippen LogP contribution is 2.29. The number of carbonyl (C=O) groups excluding carboxylic acids is 1. The molecule has 0 aliphatic carbocycles. The Hall–Kier alpha value is -0.730. The molecule has 0 saturated carbocycles. The first-order valence-electron chi connectivity index (χ1n) is 5.51. The normalized spacial score (nSPS) is 12.8. The Morgan fingerprint density at radius 1 is 1.20 bits per heavy atom. The Kier molecular flexibility index (Phi) is 4.63. The van der Waals surface area contributed by atoms with E-state index in [0.29, 0.717) is 0 Å². The Balaban J connectivity index is 4.19. The van der Waals surface area contributed by atoms with Gasteiger partial charge in [-0.05, 0) is 39.5 Å². The molecule has 0 spiro atoms. The molecule has 0 fully saturated rings. The van der Waals surface area contributed by atoms with Crippen molar-refractivity contribution in [2.75, 3.05) is 0 Å². The van der Waals surface area contributed by atoms with Crippen molar-refractivity contribution in [3.63, 3.8) is 0 Å². The highest BCUT2D eigenvalue weighted by Gasteiger charge is 2.29. The molecule has 0 aliphatic rings. The van der Waals surface area contributed by atoms with Gasteiger partial charge < -0.3 is 10.1 Å². The molecular weight excluding hydrogens is 190 g/mol. The fourth-order valence-corrected chi connectivity index (χ4v) is 1.83. The maximum Gasteiger partial charge on any atom is 0.407 e. The van der Waals surface area contributed by atoms with Gasteiger partial charge in [0.2, 0.25) is 0 Å². The molecule has 0 aromatic heterocycles. The number of amides is 1. The molecule has 0 saturated heterocycles. The summed E-state index contributed by atoms with van der Waals surface area (Å²) in [5.41, 5.74) is -0.265. The van der Waals surface area contributed by atoms with Crippen molar-refractivity contribution in [2.24, 2.45) is 5.41 Å².